The van der Waals surface area contributed by atoms with Crippen molar-refractivity contribution >= 4 is 10.9 Å². The van der Waals surface area contributed by atoms with E-state index in [1.807, 2.05) is 13.0 Å². The van der Waals surface area contributed by atoms with Crippen molar-refractivity contribution in [3.8, 4) is 5.88 Å². The molecule has 0 amide bonds. The van der Waals surface area contributed by atoms with Crippen molar-refractivity contribution in [3.63, 3.8) is 0 Å². The van der Waals surface area contributed by atoms with E-state index in [4.69, 9.17) is 4.42 Å². The molecule has 0 radical (unpaired) electrons. The van der Waals surface area contributed by atoms with Gasteiger partial charge in [-0.25, -0.2) is 4.79 Å². The molecule has 0 bridgehead atoms. The Bertz CT molecular complexity index is 884. The van der Waals surface area contributed by atoms with Crippen LogP contribution in [0.1, 0.15) is 11.3 Å². The third-order valence-corrected chi connectivity index (χ3v) is 3.00. The minimum Gasteiger partial charge on any atom is -0.445 e. The smallest absolute Gasteiger partial charge is 0.335 e. The van der Waals surface area contributed by atoms with Crippen LogP contribution < -0.4 is 11.2 Å². The number of aromatic nitrogens is 2. The molecule has 1 aromatic carbocycles. The van der Waals surface area contributed by atoms with Gasteiger partial charge in [-0.2, -0.15) is 4.57 Å². The lowest BCUT2D eigenvalue weighted by molar-refractivity contribution is 0.501. The predicted octanol–water partition coefficient (Wildman–Crippen LogP) is 1.89. The summed E-state index contributed by atoms with van der Waals surface area (Å²) < 4.78 is 6.35. The first-order chi connectivity index (χ1) is 9.06. The van der Waals surface area contributed by atoms with E-state index >= 15 is 0 Å². The second kappa shape index (κ2) is 3.98. The quantitative estimate of drug-likeness (QED) is 0.723. The van der Waals surface area contributed by atoms with Gasteiger partial charge in [0.05, 0.1) is 10.9 Å². The molecule has 2 heterocycles. The zero-order valence-electron chi connectivity index (χ0n) is 10.6. The summed E-state index contributed by atoms with van der Waals surface area (Å²) in [6.45, 7) is 3.66. The lowest BCUT2D eigenvalue weighted by Gasteiger charge is -2.03. The molecule has 19 heavy (non-hydrogen) atoms. The van der Waals surface area contributed by atoms with Crippen LogP contribution in [0.25, 0.3) is 16.8 Å². The van der Waals surface area contributed by atoms with Gasteiger partial charge in [0.2, 0.25) is 5.88 Å². The maximum absolute atomic E-state index is 12.4. The third kappa shape index (κ3) is 1.79. The lowest BCUT2D eigenvalue weighted by atomic mass is 10.2. The molecule has 0 saturated carbocycles. The van der Waals surface area contributed by atoms with E-state index in [1.165, 1.54) is 0 Å². The number of benzene rings is 1. The number of hydrogen-bond donors (Lipinski definition) is 1. The number of fused-ring (bicyclic) bond motifs is 1. The fourth-order valence-electron chi connectivity index (χ4n) is 2.07. The first-order valence-corrected chi connectivity index (χ1v) is 5.89. The second-order valence-corrected chi connectivity index (χ2v) is 4.50. The van der Waals surface area contributed by atoms with Crippen LogP contribution in [0.5, 0.6) is 0 Å². The molecule has 0 aliphatic rings. The Morgan fingerprint density at radius 1 is 1.11 bits per heavy atom. The van der Waals surface area contributed by atoms with E-state index in [0.29, 0.717) is 16.7 Å². The normalized spacial score (nSPS) is 11.1. The summed E-state index contributed by atoms with van der Waals surface area (Å²) in [5, 5.41) is 0.458. The standard InChI is InChI=1S/C14H12N2O3/c1-8-3-5-10-11(7-8)15-14(18)16(13(10)17)12-6-4-9(2)19-12/h3-7H,1-2H3,(H,15,18). The topological polar surface area (TPSA) is 68.0 Å². The molecule has 0 aliphatic carbocycles. The van der Waals surface area contributed by atoms with Crippen LogP contribution >= 0.6 is 0 Å². The Morgan fingerprint density at radius 2 is 1.89 bits per heavy atom. The molecule has 0 fully saturated rings. The van der Waals surface area contributed by atoms with Gasteiger partial charge in [0.15, 0.2) is 0 Å². The number of furan rings is 1. The van der Waals surface area contributed by atoms with E-state index in [1.54, 1.807) is 31.2 Å². The molecule has 3 rings (SSSR count). The summed E-state index contributed by atoms with van der Waals surface area (Å²) in [6, 6.07) is 8.62. The van der Waals surface area contributed by atoms with Gasteiger partial charge in [0.25, 0.3) is 5.56 Å². The number of aryl methyl sites for hydroxylation is 2. The molecule has 0 aliphatic heterocycles. The highest BCUT2D eigenvalue weighted by Crippen LogP contribution is 2.11. The Labute approximate surface area is 108 Å². The Morgan fingerprint density at radius 3 is 2.58 bits per heavy atom. The van der Waals surface area contributed by atoms with Gasteiger partial charge in [0.1, 0.15) is 5.76 Å². The fourth-order valence-corrected chi connectivity index (χ4v) is 2.07. The van der Waals surface area contributed by atoms with Gasteiger partial charge in [0, 0.05) is 6.07 Å². The van der Waals surface area contributed by atoms with E-state index in [2.05, 4.69) is 4.98 Å². The summed E-state index contributed by atoms with van der Waals surface area (Å²) >= 11 is 0. The maximum atomic E-state index is 12.4. The highest BCUT2D eigenvalue weighted by atomic mass is 16.4. The summed E-state index contributed by atoms with van der Waals surface area (Å²) in [6.07, 6.45) is 0. The summed E-state index contributed by atoms with van der Waals surface area (Å²) in [5.74, 6) is 0.872. The fraction of sp³-hybridized carbons (Fsp3) is 0.143. The molecular formula is C14H12N2O3. The van der Waals surface area contributed by atoms with Crippen molar-refractivity contribution in [2.75, 3.05) is 0 Å². The van der Waals surface area contributed by atoms with Crippen LogP contribution in [-0.4, -0.2) is 9.55 Å². The van der Waals surface area contributed by atoms with Gasteiger partial charge in [-0.05, 0) is 37.6 Å². The maximum Gasteiger partial charge on any atom is 0.335 e. The van der Waals surface area contributed by atoms with Crippen molar-refractivity contribution < 1.29 is 4.42 Å². The number of H-pyrrole nitrogens is 1. The van der Waals surface area contributed by atoms with Crippen molar-refractivity contribution in [3.05, 3.63) is 62.5 Å². The molecule has 0 unspecified atom stereocenters. The zero-order chi connectivity index (χ0) is 13.6. The average Bonchev–Trinajstić information content (AvgIpc) is 2.75. The molecule has 3 aromatic rings. The largest absolute Gasteiger partial charge is 0.445 e. The van der Waals surface area contributed by atoms with Crippen LogP contribution in [0.4, 0.5) is 0 Å². The molecule has 5 nitrogen and oxygen atoms in total. The second-order valence-electron chi connectivity index (χ2n) is 4.50. The van der Waals surface area contributed by atoms with Crippen molar-refractivity contribution in [1.29, 1.82) is 0 Å². The number of nitrogens with zero attached hydrogens (tertiary/aromatic N) is 1. The van der Waals surface area contributed by atoms with Crippen LogP contribution in [-0.2, 0) is 0 Å². The molecule has 96 valence electrons. The molecule has 1 N–H and O–H groups in total. The molecule has 0 atom stereocenters. The Hall–Kier alpha value is -2.56. The number of aromatic amines is 1. The Balaban J connectivity index is 2.41. The molecular weight excluding hydrogens is 244 g/mol. The summed E-state index contributed by atoms with van der Waals surface area (Å²) in [4.78, 5) is 27.1. The van der Waals surface area contributed by atoms with Crippen LogP contribution in [0.3, 0.4) is 0 Å². The highest BCUT2D eigenvalue weighted by Gasteiger charge is 2.11. The number of nitrogens with one attached hydrogen (secondary N) is 1. The average molecular weight is 256 g/mol. The molecule has 2 aromatic heterocycles. The minimum atomic E-state index is -0.502. The van der Waals surface area contributed by atoms with E-state index in [-0.39, 0.29) is 11.4 Å². The highest BCUT2D eigenvalue weighted by molar-refractivity contribution is 5.78. The van der Waals surface area contributed by atoms with Gasteiger partial charge in [-0.3, -0.25) is 4.79 Å². The third-order valence-electron chi connectivity index (χ3n) is 3.00. The molecule has 0 spiro atoms. The molecule has 5 heteroatoms. The zero-order valence-corrected chi connectivity index (χ0v) is 10.6. The van der Waals surface area contributed by atoms with Gasteiger partial charge in [-0.15, -0.1) is 0 Å². The first-order valence-electron chi connectivity index (χ1n) is 5.89. The SMILES string of the molecule is Cc1ccc2c(=O)n(-c3ccc(C)o3)c(=O)[nH]c2c1. The summed E-state index contributed by atoms with van der Waals surface area (Å²) in [7, 11) is 0. The number of hydrogen-bond acceptors (Lipinski definition) is 3. The lowest BCUT2D eigenvalue weighted by Crippen LogP contribution is -2.33. The van der Waals surface area contributed by atoms with E-state index in [0.717, 1.165) is 10.1 Å². The van der Waals surface area contributed by atoms with Gasteiger partial charge in [-0.1, -0.05) is 6.07 Å². The van der Waals surface area contributed by atoms with E-state index in [9.17, 15) is 9.59 Å². The van der Waals surface area contributed by atoms with Gasteiger partial charge < -0.3 is 9.40 Å². The molecule has 0 saturated heterocycles. The Kier molecular flexibility index (Phi) is 2.41. The first kappa shape index (κ1) is 11.5. The predicted molar refractivity (Wildman–Crippen MR) is 71.9 cm³/mol. The van der Waals surface area contributed by atoms with Crippen molar-refractivity contribution in [2.45, 2.75) is 13.8 Å². The monoisotopic (exact) mass is 256 g/mol. The van der Waals surface area contributed by atoms with Crippen LogP contribution in [0.15, 0.2) is 44.3 Å². The minimum absolute atomic E-state index is 0.228. The number of rotatable bonds is 1. The van der Waals surface area contributed by atoms with Crippen LogP contribution in [0.2, 0.25) is 0 Å². The van der Waals surface area contributed by atoms with Gasteiger partial charge >= 0.3 is 5.69 Å². The summed E-state index contributed by atoms with van der Waals surface area (Å²) in [5.41, 5.74) is 0.634. The van der Waals surface area contributed by atoms with E-state index < -0.39 is 5.69 Å². The van der Waals surface area contributed by atoms with Crippen molar-refractivity contribution in [2.24, 2.45) is 0 Å². The van der Waals surface area contributed by atoms with Crippen LogP contribution in [0, 0.1) is 13.8 Å². The van der Waals surface area contributed by atoms with Crippen molar-refractivity contribution in [1.82, 2.24) is 9.55 Å².